The average molecular weight is 211 g/mol. The molecule has 0 bridgehead atoms. The highest BCUT2D eigenvalue weighted by atomic mass is 16.5. The highest BCUT2D eigenvalue weighted by Gasteiger charge is 2.31. The first kappa shape index (κ1) is 14.5. The van der Waals surface area contributed by atoms with Crippen molar-refractivity contribution in [3.63, 3.8) is 0 Å². The standard InChI is InChI=1S/C13H25NO/c1-6-10-12(14-11-7-2)13(5,8-3)15-9-4/h1,12,14H,7-11H2,2-5H3. The summed E-state index contributed by atoms with van der Waals surface area (Å²) in [6.45, 7) is 10.2. The molecule has 15 heavy (non-hydrogen) atoms. The van der Waals surface area contributed by atoms with Crippen molar-refractivity contribution in [2.45, 2.75) is 58.6 Å². The zero-order valence-electron chi connectivity index (χ0n) is 10.6. The number of hydrogen-bond donors (Lipinski definition) is 1. The van der Waals surface area contributed by atoms with Gasteiger partial charge in [0.2, 0.25) is 0 Å². The molecular formula is C13H25NO. The molecular weight excluding hydrogens is 186 g/mol. The quantitative estimate of drug-likeness (QED) is 0.623. The summed E-state index contributed by atoms with van der Waals surface area (Å²) in [4.78, 5) is 0. The van der Waals surface area contributed by atoms with Crippen LogP contribution in [0.25, 0.3) is 0 Å². The Hall–Kier alpha value is -0.520. The van der Waals surface area contributed by atoms with E-state index in [1.807, 2.05) is 6.92 Å². The molecule has 0 aliphatic heterocycles. The molecule has 0 aromatic heterocycles. The lowest BCUT2D eigenvalue weighted by Gasteiger charge is -2.36. The molecule has 2 unspecified atom stereocenters. The van der Waals surface area contributed by atoms with Gasteiger partial charge in [0, 0.05) is 19.1 Å². The first-order chi connectivity index (χ1) is 7.14. The van der Waals surface area contributed by atoms with Crippen molar-refractivity contribution in [2.24, 2.45) is 0 Å². The van der Waals surface area contributed by atoms with Gasteiger partial charge in [0.15, 0.2) is 0 Å². The molecule has 0 aromatic rings. The Morgan fingerprint density at radius 1 is 1.40 bits per heavy atom. The molecule has 0 heterocycles. The molecule has 0 aromatic carbocycles. The van der Waals surface area contributed by atoms with Crippen LogP contribution in [0.5, 0.6) is 0 Å². The molecule has 0 aliphatic carbocycles. The van der Waals surface area contributed by atoms with Crippen LogP contribution in [0.1, 0.15) is 47.0 Å². The van der Waals surface area contributed by atoms with Gasteiger partial charge in [-0.05, 0) is 33.2 Å². The van der Waals surface area contributed by atoms with E-state index in [4.69, 9.17) is 11.2 Å². The van der Waals surface area contributed by atoms with E-state index in [1.54, 1.807) is 0 Å². The third kappa shape index (κ3) is 4.68. The zero-order valence-corrected chi connectivity index (χ0v) is 10.6. The monoisotopic (exact) mass is 211 g/mol. The largest absolute Gasteiger partial charge is 0.374 e. The Bertz CT molecular complexity index is 197. The Morgan fingerprint density at radius 2 is 2.07 bits per heavy atom. The van der Waals surface area contributed by atoms with Crippen LogP contribution in [0, 0.1) is 12.3 Å². The van der Waals surface area contributed by atoms with Gasteiger partial charge in [-0.3, -0.25) is 0 Å². The zero-order chi connectivity index (χ0) is 11.7. The molecule has 1 N–H and O–H groups in total. The Labute approximate surface area is 94.8 Å². The molecule has 2 atom stereocenters. The minimum atomic E-state index is -0.143. The second-order valence-corrected chi connectivity index (χ2v) is 4.01. The number of nitrogens with one attached hydrogen (secondary N) is 1. The molecule has 0 rings (SSSR count). The summed E-state index contributed by atoms with van der Waals surface area (Å²) in [5.41, 5.74) is -0.143. The van der Waals surface area contributed by atoms with E-state index in [-0.39, 0.29) is 11.6 Å². The maximum Gasteiger partial charge on any atom is 0.0813 e. The summed E-state index contributed by atoms with van der Waals surface area (Å²) < 4.78 is 5.83. The normalized spacial score (nSPS) is 16.7. The molecule has 0 fully saturated rings. The van der Waals surface area contributed by atoms with E-state index in [2.05, 4.69) is 32.0 Å². The van der Waals surface area contributed by atoms with Crippen LogP contribution >= 0.6 is 0 Å². The van der Waals surface area contributed by atoms with Gasteiger partial charge in [-0.15, -0.1) is 12.3 Å². The van der Waals surface area contributed by atoms with E-state index in [1.165, 1.54) is 0 Å². The number of rotatable bonds is 8. The summed E-state index contributed by atoms with van der Waals surface area (Å²) in [6.07, 6.45) is 8.22. The van der Waals surface area contributed by atoms with Crippen molar-refractivity contribution >= 4 is 0 Å². The van der Waals surface area contributed by atoms with Crippen molar-refractivity contribution in [3.05, 3.63) is 0 Å². The van der Waals surface area contributed by atoms with Gasteiger partial charge in [-0.25, -0.2) is 0 Å². The van der Waals surface area contributed by atoms with Gasteiger partial charge in [0.05, 0.1) is 5.60 Å². The fourth-order valence-corrected chi connectivity index (χ4v) is 1.72. The van der Waals surface area contributed by atoms with Crippen molar-refractivity contribution < 1.29 is 4.74 Å². The molecule has 0 spiro atoms. The number of ether oxygens (including phenoxy) is 1. The maximum absolute atomic E-state index is 5.83. The first-order valence-corrected chi connectivity index (χ1v) is 5.95. The van der Waals surface area contributed by atoms with Crippen LogP contribution < -0.4 is 5.32 Å². The molecule has 0 saturated carbocycles. The maximum atomic E-state index is 5.83. The highest BCUT2D eigenvalue weighted by Crippen LogP contribution is 2.22. The third-order valence-corrected chi connectivity index (χ3v) is 2.88. The van der Waals surface area contributed by atoms with Gasteiger partial charge in [0.25, 0.3) is 0 Å². The molecule has 0 amide bonds. The van der Waals surface area contributed by atoms with E-state index >= 15 is 0 Å². The fourth-order valence-electron chi connectivity index (χ4n) is 1.72. The minimum absolute atomic E-state index is 0.143. The van der Waals surface area contributed by atoms with Gasteiger partial charge in [-0.1, -0.05) is 13.8 Å². The lowest BCUT2D eigenvalue weighted by atomic mass is 9.90. The smallest absolute Gasteiger partial charge is 0.0813 e. The lowest BCUT2D eigenvalue weighted by molar-refractivity contribution is -0.0538. The third-order valence-electron chi connectivity index (χ3n) is 2.88. The van der Waals surface area contributed by atoms with Crippen LogP contribution in [0.15, 0.2) is 0 Å². The number of hydrogen-bond acceptors (Lipinski definition) is 2. The van der Waals surface area contributed by atoms with Crippen LogP contribution in [-0.2, 0) is 4.74 Å². The molecule has 0 saturated heterocycles. The van der Waals surface area contributed by atoms with Gasteiger partial charge >= 0.3 is 0 Å². The van der Waals surface area contributed by atoms with Gasteiger partial charge in [-0.2, -0.15) is 0 Å². The molecule has 0 aliphatic rings. The van der Waals surface area contributed by atoms with Crippen LogP contribution in [-0.4, -0.2) is 24.8 Å². The van der Waals surface area contributed by atoms with Crippen molar-refractivity contribution in [3.8, 4) is 12.3 Å². The first-order valence-electron chi connectivity index (χ1n) is 5.95. The van der Waals surface area contributed by atoms with Gasteiger partial charge < -0.3 is 10.1 Å². The fraction of sp³-hybridized carbons (Fsp3) is 0.846. The van der Waals surface area contributed by atoms with Crippen molar-refractivity contribution in [2.75, 3.05) is 13.2 Å². The Balaban J connectivity index is 4.46. The second kappa shape index (κ2) is 7.73. The molecule has 2 heteroatoms. The van der Waals surface area contributed by atoms with Crippen LogP contribution in [0.3, 0.4) is 0 Å². The molecule has 0 radical (unpaired) electrons. The van der Waals surface area contributed by atoms with E-state index in [9.17, 15) is 0 Å². The SMILES string of the molecule is C#CCC(NCCC)C(C)(CC)OCC. The van der Waals surface area contributed by atoms with Crippen LogP contribution in [0.4, 0.5) is 0 Å². The Morgan fingerprint density at radius 3 is 2.47 bits per heavy atom. The summed E-state index contributed by atoms with van der Waals surface area (Å²) >= 11 is 0. The highest BCUT2D eigenvalue weighted by molar-refractivity contribution is 4.98. The van der Waals surface area contributed by atoms with E-state index in [0.29, 0.717) is 0 Å². The Kier molecular flexibility index (Phi) is 7.46. The summed E-state index contributed by atoms with van der Waals surface area (Å²) in [5, 5.41) is 3.48. The van der Waals surface area contributed by atoms with Crippen molar-refractivity contribution in [1.82, 2.24) is 5.32 Å². The predicted octanol–water partition coefficient (Wildman–Crippen LogP) is 2.58. The summed E-state index contributed by atoms with van der Waals surface area (Å²) in [6, 6.07) is 0.257. The second-order valence-electron chi connectivity index (χ2n) is 4.01. The molecule has 2 nitrogen and oxygen atoms in total. The van der Waals surface area contributed by atoms with Crippen LogP contribution in [0.2, 0.25) is 0 Å². The average Bonchev–Trinajstić information content (AvgIpc) is 2.24. The summed E-state index contributed by atoms with van der Waals surface area (Å²) in [7, 11) is 0. The predicted molar refractivity (Wildman–Crippen MR) is 65.9 cm³/mol. The minimum Gasteiger partial charge on any atom is -0.374 e. The summed E-state index contributed by atoms with van der Waals surface area (Å²) in [5.74, 6) is 2.73. The van der Waals surface area contributed by atoms with E-state index < -0.39 is 0 Å². The molecule has 88 valence electrons. The lowest BCUT2D eigenvalue weighted by Crippen LogP contribution is -2.50. The van der Waals surface area contributed by atoms with E-state index in [0.717, 1.165) is 32.4 Å². The van der Waals surface area contributed by atoms with Crippen molar-refractivity contribution in [1.29, 1.82) is 0 Å². The number of terminal acetylenes is 1. The van der Waals surface area contributed by atoms with Gasteiger partial charge in [0.1, 0.15) is 0 Å². The topological polar surface area (TPSA) is 21.3 Å².